The molecule has 0 bridgehead atoms. The second-order valence-corrected chi connectivity index (χ2v) is 6.39. The molecule has 1 aromatic rings. The fourth-order valence-corrected chi connectivity index (χ4v) is 3.11. The molecule has 5 heteroatoms. The molecule has 116 valence electrons. The maximum atomic E-state index is 12.9. The summed E-state index contributed by atoms with van der Waals surface area (Å²) in [6.45, 7) is 7.32. The maximum absolute atomic E-state index is 12.9. The Labute approximate surface area is 125 Å². The SMILES string of the molecule is CC(CN1CCN(C2CC2)CC1)C(O)c1ccc(F)cn1. The summed E-state index contributed by atoms with van der Waals surface area (Å²) in [5.41, 5.74) is 0.556. The molecular weight excluding hydrogens is 269 g/mol. The van der Waals surface area contributed by atoms with E-state index in [1.54, 1.807) is 6.07 Å². The Hall–Kier alpha value is -1.04. The van der Waals surface area contributed by atoms with Gasteiger partial charge in [-0.1, -0.05) is 6.92 Å². The number of aliphatic hydroxyl groups excluding tert-OH is 1. The fraction of sp³-hybridized carbons (Fsp3) is 0.688. The Bertz CT molecular complexity index is 455. The van der Waals surface area contributed by atoms with Crippen LogP contribution < -0.4 is 0 Å². The molecule has 1 aromatic heterocycles. The third-order valence-electron chi connectivity index (χ3n) is 4.61. The molecule has 2 unspecified atom stereocenters. The third-order valence-corrected chi connectivity index (χ3v) is 4.61. The molecule has 2 aliphatic rings. The number of aliphatic hydroxyl groups is 1. The lowest BCUT2D eigenvalue weighted by Crippen LogP contribution is -2.48. The summed E-state index contributed by atoms with van der Waals surface area (Å²) in [4.78, 5) is 8.98. The summed E-state index contributed by atoms with van der Waals surface area (Å²) in [5.74, 6) is -0.273. The Morgan fingerprint density at radius 1 is 1.29 bits per heavy atom. The van der Waals surface area contributed by atoms with Gasteiger partial charge in [0, 0.05) is 44.7 Å². The van der Waals surface area contributed by atoms with Crippen LogP contribution in [0.3, 0.4) is 0 Å². The molecular formula is C16H24FN3O. The highest BCUT2D eigenvalue weighted by atomic mass is 19.1. The number of nitrogens with zero attached hydrogens (tertiary/aromatic N) is 3. The average molecular weight is 293 g/mol. The third kappa shape index (κ3) is 3.78. The first-order valence-electron chi connectivity index (χ1n) is 7.89. The second-order valence-electron chi connectivity index (χ2n) is 6.39. The van der Waals surface area contributed by atoms with E-state index in [-0.39, 0.29) is 11.7 Å². The van der Waals surface area contributed by atoms with Gasteiger partial charge in [-0.25, -0.2) is 4.39 Å². The van der Waals surface area contributed by atoms with E-state index in [1.165, 1.54) is 25.1 Å². The summed E-state index contributed by atoms with van der Waals surface area (Å²) < 4.78 is 12.9. The van der Waals surface area contributed by atoms with Crippen molar-refractivity contribution in [1.82, 2.24) is 14.8 Å². The van der Waals surface area contributed by atoms with E-state index in [4.69, 9.17) is 0 Å². The number of aromatic nitrogens is 1. The number of piperazine rings is 1. The van der Waals surface area contributed by atoms with Crippen LogP contribution in [-0.4, -0.2) is 58.7 Å². The minimum Gasteiger partial charge on any atom is -0.386 e. The first-order chi connectivity index (χ1) is 10.1. The monoisotopic (exact) mass is 293 g/mol. The van der Waals surface area contributed by atoms with Gasteiger partial charge in [-0.15, -0.1) is 0 Å². The topological polar surface area (TPSA) is 39.6 Å². The molecule has 3 rings (SSSR count). The van der Waals surface area contributed by atoms with Crippen molar-refractivity contribution in [2.45, 2.75) is 31.9 Å². The summed E-state index contributed by atoms with van der Waals surface area (Å²) in [6.07, 6.45) is 3.27. The van der Waals surface area contributed by atoms with Crippen LogP contribution in [0.2, 0.25) is 0 Å². The zero-order valence-corrected chi connectivity index (χ0v) is 12.6. The molecule has 2 fully saturated rings. The zero-order valence-electron chi connectivity index (χ0n) is 12.6. The zero-order chi connectivity index (χ0) is 14.8. The van der Waals surface area contributed by atoms with Crippen molar-refractivity contribution < 1.29 is 9.50 Å². The van der Waals surface area contributed by atoms with Gasteiger partial charge < -0.3 is 10.0 Å². The molecule has 2 atom stereocenters. The first kappa shape index (κ1) is 14.9. The molecule has 1 N–H and O–H groups in total. The molecule has 21 heavy (non-hydrogen) atoms. The Morgan fingerprint density at radius 3 is 2.57 bits per heavy atom. The van der Waals surface area contributed by atoms with Gasteiger partial charge in [0.05, 0.1) is 18.0 Å². The molecule has 0 aromatic carbocycles. The van der Waals surface area contributed by atoms with E-state index in [0.717, 1.165) is 38.8 Å². The van der Waals surface area contributed by atoms with Crippen molar-refractivity contribution in [3.8, 4) is 0 Å². The molecule has 4 nitrogen and oxygen atoms in total. The predicted molar refractivity (Wildman–Crippen MR) is 79.4 cm³/mol. The van der Waals surface area contributed by atoms with E-state index < -0.39 is 6.10 Å². The van der Waals surface area contributed by atoms with E-state index >= 15 is 0 Å². The van der Waals surface area contributed by atoms with Crippen LogP contribution >= 0.6 is 0 Å². The normalized spacial score (nSPS) is 24.0. The van der Waals surface area contributed by atoms with Gasteiger partial charge in [0.1, 0.15) is 5.82 Å². The first-order valence-corrected chi connectivity index (χ1v) is 7.89. The highest BCUT2D eigenvalue weighted by Crippen LogP contribution is 2.28. The molecule has 1 aliphatic heterocycles. The molecule has 0 radical (unpaired) electrons. The minimum atomic E-state index is -0.632. The highest BCUT2D eigenvalue weighted by molar-refractivity contribution is 5.09. The number of hydrogen-bond acceptors (Lipinski definition) is 4. The van der Waals surface area contributed by atoms with Crippen LogP contribution in [0, 0.1) is 11.7 Å². The van der Waals surface area contributed by atoms with Gasteiger partial charge in [-0.05, 0) is 25.0 Å². The van der Waals surface area contributed by atoms with E-state index in [2.05, 4.69) is 14.8 Å². The molecule has 1 saturated carbocycles. The van der Waals surface area contributed by atoms with Gasteiger partial charge >= 0.3 is 0 Å². The number of halogens is 1. The van der Waals surface area contributed by atoms with Crippen molar-refractivity contribution in [2.24, 2.45) is 5.92 Å². The van der Waals surface area contributed by atoms with Crippen LogP contribution in [0.15, 0.2) is 18.3 Å². The number of hydrogen-bond donors (Lipinski definition) is 1. The van der Waals surface area contributed by atoms with Crippen LogP contribution in [0.5, 0.6) is 0 Å². The van der Waals surface area contributed by atoms with Gasteiger partial charge in [0.15, 0.2) is 0 Å². The standard InChI is InChI=1S/C16H24FN3O/c1-12(16(21)15-5-2-13(17)10-18-15)11-19-6-8-20(9-7-19)14-3-4-14/h2,5,10,12,14,16,21H,3-4,6-9,11H2,1H3. The lowest BCUT2D eigenvalue weighted by atomic mass is 10.0. The number of pyridine rings is 1. The predicted octanol–water partition coefficient (Wildman–Crippen LogP) is 1.67. The molecule has 2 heterocycles. The van der Waals surface area contributed by atoms with Crippen molar-refractivity contribution in [2.75, 3.05) is 32.7 Å². The van der Waals surface area contributed by atoms with Crippen LogP contribution in [0.4, 0.5) is 4.39 Å². The Morgan fingerprint density at radius 2 is 2.00 bits per heavy atom. The van der Waals surface area contributed by atoms with Crippen LogP contribution in [0.25, 0.3) is 0 Å². The average Bonchev–Trinajstić information content (AvgIpc) is 3.33. The van der Waals surface area contributed by atoms with E-state index in [1.807, 2.05) is 6.92 Å². The molecule has 0 amide bonds. The second kappa shape index (κ2) is 6.38. The van der Waals surface area contributed by atoms with Crippen LogP contribution in [0.1, 0.15) is 31.6 Å². The van der Waals surface area contributed by atoms with Gasteiger partial charge in [0.25, 0.3) is 0 Å². The Kier molecular flexibility index (Phi) is 4.52. The largest absolute Gasteiger partial charge is 0.386 e. The van der Waals surface area contributed by atoms with Crippen LogP contribution in [-0.2, 0) is 0 Å². The Balaban J connectivity index is 1.49. The lowest BCUT2D eigenvalue weighted by molar-refractivity contribution is 0.0606. The summed E-state index contributed by atoms with van der Waals surface area (Å²) in [6, 6.07) is 3.77. The van der Waals surface area contributed by atoms with Crippen molar-refractivity contribution in [3.05, 3.63) is 29.8 Å². The van der Waals surface area contributed by atoms with Gasteiger partial charge in [-0.2, -0.15) is 0 Å². The van der Waals surface area contributed by atoms with Crippen molar-refractivity contribution >= 4 is 0 Å². The smallest absolute Gasteiger partial charge is 0.141 e. The minimum absolute atomic E-state index is 0.0930. The number of rotatable bonds is 5. The molecule has 1 saturated heterocycles. The van der Waals surface area contributed by atoms with Gasteiger partial charge in [0.2, 0.25) is 0 Å². The maximum Gasteiger partial charge on any atom is 0.141 e. The van der Waals surface area contributed by atoms with Crippen molar-refractivity contribution in [1.29, 1.82) is 0 Å². The van der Waals surface area contributed by atoms with Crippen molar-refractivity contribution in [3.63, 3.8) is 0 Å². The molecule has 0 spiro atoms. The highest BCUT2D eigenvalue weighted by Gasteiger charge is 2.31. The lowest BCUT2D eigenvalue weighted by Gasteiger charge is -2.36. The van der Waals surface area contributed by atoms with E-state index in [9.17, 15) is 9.50 Å². The molecule has 1 aliphatic carbocycles. The fourth-order valence-electron chi connectivity index (χ4n) is 3.11. The van der Waals surface area contributed by atoms with Gasteiger partial charge in [-0.3, -0.25) is 9.88 Å². The summed E-state index contributed by atoms with van der Waals surface area (Å²) in [5, 5.41) is 10.3. The summed E-state index contributed by atoms with van der Waals surface area (Å²) in [7, 11) is 0. The van der Waals surface area contributed by atoms with E-state index in [0.29, 0.717) is 5.69 Å². The summed E-state index contributed by atoms with van der Waals surface area (Å²) >= 11 is 0. The quantitative estimate of drug-likeness (QED) is 0.896.